The minimum Gasteiger partial charge on any atom is -0.474 e. The Morgan fingerprint density at radius 2 is 2.05 bits per heavy atom. The Morgan fingerprint density at radius 1 is 1.29 bits per heavy atom. The zero-order chi connectivity index (χ0) is 15.9. The van der Waals surface area contributed by atoms with Crippen LogP contribution in [0.3, 0.4) is 0 Å². The number of hydrogen-bond donors (Lipinski definition) is 1. The average molecular weight is 288 g/mol. The molecular weight excluding hydrogens is 264 g/mol. The second-order valence-corrected chi connectivity index (χ2v) is 3.95. The first kappa shape index (κ1) is 18.6. The molecule has 0 saturated carbocycles. The van der Waals surface area contributed by atoms with Gasteiger partial charge in [-0.05, 0) is 31.6 Å². The van der Waals surface area contributed by atoms with Gasteiger partial charge in [0, 0.05) is 13.0 Å². The monoisotopic (exact) mass is 288 g/mol. The van der Waals surface area contributed by atoms with Crippen LogP contribution in [0.2, 0.25) is 0 Å². The normalized spacial score (nSPS) is 13.1. The first-order valence-corrected chi connectivity index (χ1v) is 6.82. The first-order chi connectivity index (χ1) is 10.2. The molecular formula is C17H24N2O2. The first-order valence-electron chi connectivity index (χ1n) is 6.82. The zero-order valence-electron chi connectivity index (χ0n) is 12.8. The summed E-state index contributed by atoms with van der Waals surface area (Å²) >= 11 is 0. The van der Waals surface area contributed by atoms with E-state index >= 15 is 0 Å². The molecule has 0 heterocycles. The van der Waals surface area contributed by atoms with Crippen LogP contribution in [0.5, 0.6) is 0 Å². The summed E-state index contributed by atoms with van der Waals surface area (Å²) in [4.78, 5) is 14.5. The number of allylic oxidation sites excluding steroid dienone is 4. The number of rotatable bonds is 10. The van der Waals surface area contributed by atoms with E-state index in [9.17, 15) is 4.79 Å². The van der Waals surface area contributed by atoms with Gasteiger partial charge < -0.3 is 14.8 Å². The predicted octanol–water partition coefficient (Wildman–Crippen LogP) is 3.32. The molecule has 21 heavy (non-hydrogen) atoms. The average Bonchev–Trinajstić information content (AvgIpc) is 2.52. The number of nitrogens with zero attached hydrogens (tertiary/aromatic N) is 1. The molecule has 0 aliphatic rings. The van der Waals surface area contributed by atoms with Crippen molar-refractivity contribution in [2.75, 3.05) is 13.2 Å². The SMILES string of the molecule is C=C/C=C\C(=C/C)CO/C(=C/C)NC(C=C)=NCCC=O. The highest BCUT2D eigenvalue weighted by atomic mass is 16.5. The molecule has 0 bridgehead atoms. The highest BCUT2D eigenvalue weighted by molar-refractivity contribution is 5.93. The summed E-state index contributed by atoms with van der Waals surface area (Å²) in [6.45, 7) is 12.0. The minimum atomic E-state index is 0.389. The molecule has 0 unspecified atom stereocenters. The number of carbonyl (C=O) groups is 1. The zero-order valence-corrected chi connectivity index (χ0v) is 12.8. The number of aliphatic imine (C=N–C) groups is 1. The van der Waals surface area contributed by atoms with E-state index in [1.54, 1.807) is 12.2 Å². The maximum Gasteiger partial charge on any atom is 0.188 e. The van der Waals surface area contributed by atoms with Gasteiger partial charge in [-0.2, -0.15) is 0 Å². The molecule has 1 N–H and O–H groups in total. The third-order valence-electron chi connectivity index (χ3n) is 2.45. The van der Waals surface area contributed by atoms with Crippen LogP contribution in [0, 0.1) is 0 Å². The molecule has 114 valence electrons. The number of nitrogens with one attached hydrogen (secondary N) is 1. The number of aldehydes is 1. The Balaban J connectivity index is 4.55. The highest BCUT2D eigenvalue weighted by Gasteiger charge is 2.01. The molecule has 0 aromatic carbocycles. The molecule has 0 radical (unpaired) electrons. The Morgan fingerprint density at radius 3 is 2.57 bits per heavy atom. The van der Waals surface area contributed by atoms with Gasteiger partial charge in [0.25, 0.3) is 0 Å². The molecule has 0 rings (SSSR count). The van der Waals surface area contributed by atoms with Crippen molar-refractivity contribution >= 4 is 12.1 Å². The van der Waals surface area contributed by atoms with E-state index in [2.05, 4.69) is 23.5 Å². The van der Waals surface area contributed by atoms with Crippen LogP contribution in [-0.2, 0) is 9.53 Å². The van der Waals surface area contributed by atoms with Gasteiger partial charge >= 0.3 is 0 Å². The summed E-state index contributed by atoms with van der Waals surface area (Å²) in [6.07, 6.45) is 12.1. The fraction of sp³-hybridized carbons (Fsp3) is 0.294. The Hall–Kier alpha value is -2.36. The molecule has 0 aromatic heterocycles. The van der Waals surface area contributed by atoms with Crippen molar-refractivity contribution < 1.29 is 9.53 Å². The van der Waals surface area contributed by atoms with Gasteiger partial charge in [-0.15, -0.1) is 0 Å². The van der Waals surface area contributed by atoms with Gasteiger partial charge in [-0.25, -0.2) is 0 Å². The van der Waals surface area contributed by atoms with Crippen molar-refractivity contribution in [3.63, 3.8) is 0 Å². The standard InChI is InChI=1S/C17H24N2O2/c1-5-9-11-15(6-2)14-21-17(8-4)19-16(7-3)18-12-10-13-20/h5-9,11,13H,1,3,10,12,14H2,2,4H3,(H,18,19)/b11-9-,15-6+,17-8+. The van der Waals surface area contributed by atoms with E-state index in [1.807, 2.05) is 38.2 Å². The smallest absolute Gasteiger partial charge is 0.188 e. The fourth-order valence-corrected chi connectivity index (χ4v) is 1.29. The summed E-state index contributed by atoms with van der Waals surface area (Å²) in [7, 11) is 0. The van der Waals surface area contributed by atoms with Crippen LogP contribution < -0.4 is 5.32 Å². The Bertz CT molecular complexity index is 457. The third-order valence-corrected chi connectivity index (χ3v) is 2.45. The largest absolute Gasteiger partial charge is 0.474 e. The molecule has 0 saturated heterocycles. The summed E-state index contributed by atoms with van der Waals surface area (Å²) in [6, 6.07) is 0. The van der Waals surface area contributed by atoms with Crippen LogP contribution in [0.4, 0.5) is 0 Å². The van der Waals surface area contributed by atoms with E-state index < -0.39 is 0 Å². The number of ether oxygens (including phenoxy) is 1. The molecule has 0 aliphatic carbocycles. The van der Waals surface area contributed by atoms with Crippen LogP contribution in [0.25, 0.3) is 0 Å². The molecule has 0 aromatic rings. The van der Waals surface area contributed by atoms with Gasteiger partial charge in [0.05, 0.1) is 0 Å². The lowest BCUT2D eigenvalue weighted by molar-refractivity contribution is -0.107. The topological polar surface area (TPSA) is 50.7 Å². The fourth-order valence-electron chi connectivity index (χ4n) is 1.29. The maximum atomic E-state index is 10.3. The van der Waals surface area contributed by atoms with E-state index in [0.717, 1.165) is 11.9 Å². The number of amidine groups is 1. The molecule has 0 spiro atoms. The van der Waals surface area contributed by atoms with E-state index in [0.29, 0.717) is 31.3 Å². The third kappa shape index (κ3) is 9.21. The van der Waals surface area contributed by atoms with E-state index in [1.165, 1.54) is 0 Å². The van der Waals surface area contributed by atoms with Crippen molar-refractivity contribution in [2.45, 2.75) is 20.3 Å². The van der Waals surface area contributed by atoms with Gasteiger partial charge in [0.1, 0.15) is 18.7 Å². The summed E-state index contributed by atoms with van der Waals surface area (Å²) in [5, 5.41) is 3.03. The molecule has 4 heteroatoms. The van der Waals surface area contributed by atoms with Crippen molar-refractivity contribution in [3.05, 3.63) is 61.1 Å². The van der Waals surface area contributed by atoms with Gasteiger partial charge in [0.15, 0.2) is 5.88 Å². The summed E-state index contributed by atoms with van der Waals surface area (Å²) < 4.78 is 5.68. The molecule has 0 fully saturated rings. The van der Waals surface area contributed by atoms with E-state index in [4.69, 9.17) is 4.74 Å². The lowest BCUT2D eigenvalue weighted by atomic mass is 10.2. The lowest BCUT2D eigenvalue weighted by Crippen LogP contribution is -2.23. The van der Waals surface area contributed by atoms with E-state index in [-0.39, 0.29) is 0 Å². The predicted molar refractivity (Wildman–Crippen MR) is 89.1 cm³/mol. The Kier molecular flexibility index (Phi) is 11.2. The quantitative estimate of drug-likeness (QED) is 0.167. The Labute approximate surface area is 127 Å². The molecule has 4 nitrogen and oxygen atoms in total. The van der Waals surface area contributed by atoms with Gasteiger partial charge in [-0.1, -0.05) is 37.5 Å². The molecule has 0 atom stereocenters. The summed E-state index contributed by atoms with van der Waals surface area (Å²) in [5.74, 6) is 1.17. The molecule has 0 aliphatic heterocycles. The van der Waals surface area contributed by atoms with Crippen LogP contribution in [-0.4, -0.2) is 25.3 Å². The van der Waals surface area contributed by atoms with Gasteiger partial charge in [0.2, 0.25) is 0 Å². The number of carbonyl (C=O) groups excluding carboxylic acids is 1. The second-order valence-electron chi connectivity index (χ2n) is 3.95. The maximum absolute atomic E-state index is 10.3. The van der Waals surface area contributed by atoms with Crippen molar-refractivity contribution in [1.82, 2.24) is 5.32 Å². The van der Waals surface area contributed by atoms with Crippen LogP contribution in [0.15, 0.2) is 66.1 Å². The second kappa shape index (κ2) is 12.7. The summed E-state index contributed by atoms with van der Waals surface area (Å²) in [5.41, 5.74) is 1.04. The minimum absolute atomic E-state index is 0.389. The van der Waals surface area contributed by atoms with Crippen molar-refractivity contribution in [3.8, 4) is 0 Å². The van der Waals surface area contributed by atoms with Crippen LogP contribution >= 0.6 is 0 Å². The number of hydrogen-bond acceptors (Lipinski definition) is 3. The van der Waals surface area contributed by atoms with Crippen molar-refractivity contribution in [1.29, 1.82) is 0 Å². The van der Waals surface area contributed by atoms with Gasteiger partial charge in [-0.3, -0.25) is 4.99 Å². The highest BCUT2D eigenvalue weighted by Crippen LogP contribution is 2.03. The molecule has 0 amide bonds. The lowest BCUT2D eigenvalue weighted by Gasteiger charge is -2.13. The van der Waals surface area contributed by atoms with Crippen LogP contribution in [0.1, 0.15) is 20.3 Å². The van der Waals surface area contributed by atoms with Crippen molar-refractivity contribution in [2.24, 2.45) is 4.99 Å².